The summed E-state index contributed by atoms with van der Waals surface area (Å²) >= 11 is 0. The van der Waals surface area contributed by atoms with Crippen LogP contribution in [-0.4, -0.2) is 29.3 Å². The van der Waals surface area contributed by atoms with Crippen LogP contribution in [0.3, 0.4) is 0 Å². The van der Waals surface area contributed by atoms with Crippen molar-refractivity contribution in [1.82, 2.24) is 4.98 Å². The van der Waals surface area contributed by atoms with E-state index in [1.165, 1.54) is 0 Å². The lowest BCUT2D eigenvalue weighted by atomic mass is 10.1. The minimum absolute atomic E-state index is 0.234. The lowest BCUT2D eigenvalue weighted by Crippen LogP contribution is -2.22. The molecule has 1 fully saturated rings. The maximum Gasteiger partial charge on any atom is 0.0731 e. The molecule has 17 heavy (non-hydrogen) atoms. The molecule has 1 unspecified atom stereocenters. The van der Waals surface area contributed by atoms with Crippen molar-refractivity contribution in [1.29, 1.82) is 0 Å². The molecule has 4 nitrogen and oxygen atoms in total. The van der Waals surface area contributed by atoms with Crippen LogP contribution < -0.4 is 10.6 Å². The fourth-order valence-corrected chi connectivity index (χ4v) is 2.42. The summed E-state index contributed by atoms with van der Waals surface area (Å²) in [6, 6.07) is 5.97. The molecule has 3 rings (SSSR count). The molecule has 88 valence electrons. The quantitative estimate of drug-likeness (QED) is 0.725. The van der Waals surface area contributed by atoms with Crippen molar-refractivity contribution >= 4 is 22.1 Å². The van der Waals surface area contributed by atoms with Gasteiger partial charge in [-0.2, -0.15) is 0 Å². The number of rotatable bonds is 1. The Labute approximate surface area is 99.7 Å². The van der Waals surface area contributed by atoms with Gasteiger partial charge in [-0.3, -0.25) is 4.98 Å². The largest absolute Gasteiger partial charge is 0.397 e. The molecule has 0 radical (unpaired) electrons. The number of aliphatic hydroxyl groups is 1. The summed E-state index contributed by atoms with van der Waals surface area (Å²) in [6.07, 6.45) is 4.14. The first-order chi connectivity index (χ1) is 8.25. The number of nitrogen functional groups attached to an aromatic ring is 1. The summed E-state index contributed by atoms with van der Waals surface area (Å²) in [5.41, 5.74) is 7.98. The van der Waals surface area contributed by atoms with Crippen molar-refractivity contribution in [3.05, 3.63) is 30.6 Å². The molecule has 1 aromatic carbocycles. The van der Waals surface area contributed by atoms with E-state index in [1.807, 2.05) is 24.4 Å². The number of β-amino-alcohol motifs (C(OH)–C–C–N with tert-alkyl or cyclic N) is 1. The Hall–Kier alpha value is -1.81. The average Bonchev–Trinajstić information content (AvgIpc) is 2.77. The van der Waals surface area contributed by atoms with Gasteiger partial charge in [0.15, 0.2) is 0 Å². The SMILES string of the molecule is Nc1c(N2CCC(O)C2)ccc2cnccc12. The molecule has 4 heteroatoms. The minimum atomic E-state index is -0.234. The van der Waals surface area contributed by atoms with Gasteiger partial charge in [0.1, 0.15) is 0 Å². The minimum Gasteiger partial charge on any atom is -0.397 e. The molecule has 1 atom stereocenters. The van der Waals surface area contributed by atoms with Gasteiger partial charge in [0.05, 0.1) is 17.5 Å². The van der Waals surface area contributed by atoms with Crippen LogP contribution in [0.1, 0.15) is 6.42 Å². The topological polar surface area (TPSA) is 62.4 Å². The van der Waals surface area contributed by atoms with Crippen molar-refractivity contribution in [3.8, 4) is 0 Å². The monoisotopic (exact) mass is 229 g/mol. The van der Waals surface area contributed by atoms with Crippen molar-refractivity contribution < 1.29 is 5.11 Å². The zero-order valence-corrected chi connectivity index (χ0v) is 9.50. The molecule has 3 N–H and O–H groups in total. The van der Waals surface area contributed by atoms with Crippen LogP contribution in [0.4, 0.5) is 11.4 Å². The predicted molar refractivity (Wildman–Crippen MR) is 69.0 cm³/mol. The van der Waals surface area contributed by atoms with Gasteiger partial charge < -0.3 is 15.7 Å². The van der Waals surface area contributed by atoms with Gasteiger partial charge in [-0.05, 0) is 18.6 Å². The molecule has 1 aliphatic heterocycles. The standard InChI is InChI=1S/C13H15N3O/c14-13-11-3-5-15-7-9(11)1-2-12(13)16-6-4-10(17)8-16/h1-3,5,7,10,17H,4,6,8,14H2. The van der Waals surface area contributed by atoms with Crippen molar-refractivity contribution in [2.75, 3.05) is 23.7 Å². The Bertz CT molecular complexity index is 555. The zero-order valence-electron chi connectivity index (χ0n) is 9.50. The normalized spacial score (nSPS) is 20.1. The molecule has 0 amide bonds. The first-order valence-electron chi connectivity index (χ1n) is 5.81. The van der Waals surface area contributed by atoms with Crippen LogP contribution in [0.15, 0.2) is 30.6 Å². The number of hydrogen-bond acceptors (Lipinski definition) is 4. The molecule has 0 aliphatic carbocycles. The van der Waals surface area contributed by atoms with Crippen molar-refractivity contribution in [2.45, 2.75) is 12.5 Å². The van der Waals surface area contributed by atoms with Gasteiger partial charge in [-0.1, -0.05) is 6.07 Å². The summed E-state index contributed by atoms with van der Waals surface area (Å²) in [7, 11) is 0. The van der Waals surface area contributed by atoms with Crippen LogP contribution >= 0.6 is 0 Å². The number of fused-ring (bicyclic) bond motifs is 1. The van der Waals surface area contributed by atoms with Gasteiger partial charge in [0, 0.05) is 36.3 Å². The average molecular weight is 229 g/mol. The number of pyridine rings is 1. The van der Waals surface area contributed by atoms with E-state index in [1.54, 1.807) is 6.20 Å². The van der Waals surface area contributed by atoms with Crippen LogP contribution in [-0.2, 0) is 0 Å². The van der Waals surface area contributed by atoms with E-state index in [0.717, 1.165) is 35.1 Å². The maximum absolute atomic E-state index is 9.57. The highest BCUT2D eigenvalue weighted by Crippen LogP contribution is 2.32. The second-order valence-electron chi connectivity index (χ2n) is 4.48. The Kier molecular flexibility index (Phi) is 2.37. The highest BCUT2D eigenvalue weighted by Gasteiger charge is 2.22. The molecule has 0 saturated carbocycles. The first kappa shape index (κ1) is 10.4. The first-order valence-corrected chi connectivity index (χ1v) is 5.81. The van der Waals surface area contributed by atoms with E-state index in [9.17, 15) is 5.11 Å². The molecular weight excluding hydrogens is 214 g/mol. The molecule has 0 bridgehead atoms. The van der Waals surface area contributed by atoms with Gasteiger partial charge in [-0.25, -0.2) is 0 Å². The summed E-state index contributed by atoms with van der Waals surface area (Å²) < 4.78 is 0. The third-order valence-electron chi connectivity index (χ3n) is 3.34. The smallest absolute Gasteiger partial charge is 0.0731 e. The molecule has 1 aliphatic rings. The number of nitrogens with zero attached hydrogens (tertiary/aromatic N) is 2. The Morgan fingerprint density at radius 3 is 3.00 bits per heavy atom. The van der Waals surface area contributed by atoms with Crippen LogP contribution in [0.2, 0.25) is 0 Å². The molecule has 1 aromatic heterocycles. The maximum atomic E-state index is 9.57. The van der Waals surface area contributed by atoms with Gasteiger partial charge >= 0.3 is 0 Å². The number of nitrogens with two attached hydrogens (primary N) is 1. The molecule has 1 saturated heterocycles. The Morgan fingerprint density at radius 1 is 1.35 bits per heavy atom. The lowest BCUT2D eigenvalue weighted by molar-refractivity contribution is 0.198. The highest BCUT2D eigenvalue weighted by molar-refractivity contribution is 5.98. The van der Waals surface area contributed by atoms with E-state index in [2.05, 4.69) is 9.88 Å². The Morgan fingerprint density at radius 2 is 2.24 bits per heavy atom. The molecule has 2 heterocycles. The molecular formula is C13H15N3O. The van der Waals surface area contributed by atoms with E-state index >= 15 is 0 Å². The molecule has 2 aromatic rings. The van der Waals surface area contributed by atoms with Crippen LogP contribution in [0.5, 0.6) is 0 Å². The van der Waals surface area contributed by atoms with Gasteiger partial charge in [0.2, 0.25) is 0 Å². The zero-order chi connectivity index (χ0) is 11.8. The van der Waals surface area contributed by atoms with Gasteiger partial charge in [-0.15, -0.1) is 0 Å². The second-order valence-corrected chi connectivity index (χ2v) is 4.48. The summed E-state index contributed by atoms with van der Waals surface area (Å²) in [6.45, 7) is 1.53. The Balaban J connectivity index is 2.08. The summed E-state index contributed by atoms with van der Waals surface area (Å²) in [5.74, 6) is 0. The van der Waals surface area contributed by atoms with E-state index in [0.29, 0.717) is 6.54 Å². The van der Waals surface area contributed by atoms with E-state index in [-0.39, 0.29) is 6.10 Å². The summed E-state index contributed by atoms with van der Waals surface area (Å²) in [5, 5.41) is 11.6. The van der Waals surface area contributed by atoms with E-state index in [4.69, 9.17) is 5.73 Å². The van der Waals surface area contributed by atoms with Crippen LogP contribution in [0, 0.1) is 0 Å². The fourth-order valence-electron chi connectivity index (χ4n) is 2.42. The summed E-state index contributed by atoms with van der Waals surface area (Å²) in [4.78, 5) is 6.22. The number of aromatic nitrogens is 1. The second kappa shape index (κ2) is 3.89. The van der Waals surface area contributed by atoms with Crippen LogP contribution in [0.25, 0.3) is 10.8 Å². The lowest BCUT2D eigenvalue weighted by Gasteiger charge is -2.20. The number of anilines is 2. The van der Waals surface area contributed by atoms with Gasteiger partial charge in [0.25, 0.3) is 0 Å². The number of benzene rings is 1. The molecule has 0 spiro atoms. The number of hydrogen-bond donors (Lipinski definition) is 2. The van der Waals surface area contributed by atoms with Crippen molar-refractivity contribution in [3.63, 3.8) is 0 Å². The predicted octanol–water partition coefficient (Wildman–Crippen LogP) is 1.39. The van der Waals surface area contributed by atoms with Crippen molar-refractivity contribution in [2.24, 2.45) is 0 Å². The number of aliphatic hydroxyl groups excluding tert-OH is 1. The highest BCUT2D eigenvalue weighted by atomic mass is 16.3. The van der Waals surface area contributed by atoms with E-state index < -0.39 is 0 Å². The fraction of sp³-hybridized carbons (Fsp3) is 0.308. The third-order valence-corrected chi connectivity index (χ3v) is 3.34. The third kappa shape index (κ3) is 1.70.